The quantitative estimate of drug-likeness (QED) is 0.802. The van der Waals surface area contributed by atoms with Crippen molar-refractivity contribution in [3.63, 3.8) is 0 Å². The highest BCUT2D eigenvalue weighted by atomic mass is 35.5. The Kier molecular flexibility index (Phi) is 5.33. The first kappa shape index (κ1) is 17.1. The Labute approximate surface area is 147 Å². The minimum absolute atomic E-state index is 0.108. The molecule has 2 heterocycles. The number of rotatable bonds is 5. The van der Waals surface area contributed by atoms with Gasteiger partial charge in [0.2, 0.25) is 5.95 Å². The molecule has 0 aliphatic carbocycles. The van der Waals surface area contributed by atoms with E-state index >= 15 is 0 Å². The second-order valence-electron chi connectivity index (χ2n) is 5.65. The average Bonchev–Trinajstić information content (AvgIpc) is 2.62. The van der Waals surface area contributed by atoms with Crippen LogP contribution in [0.3, 0.4) is 0 Å². The molecule has 1 aliphatic heterocycles. The summed E-state index contributed by atoms with van der Waals surface area (Å²) in [6.07, 6.45) is 3.46. The molecule has 1 aromatic heterocycles. The predicted octanol–water partition coefficient (Wildman–Crippen LogP) is 1.73. The molecule has 0 N–H and O–H groups in total. The summed E-state index contributed by atoms with van der Waals surface area (Å²) in [5.74, 6) is 0.835. The van der Waals surface area contributed by atoms with Gasteiger partial charge < -0.3 is 4.90 Å². The molecule has 8 heteroatoms. The van der Waals surface area contributed by atoms with Gasteiger partial charge in [-0.3, -0.25) is 4.90 Å². The highest BCUT2D eigenvalue weighted by Gasteiger charge is 2.21. The maximum atomic E-state index is 12.4. The highest BCUT2D eigenvalue weighted by Crippen LogP contribution is 2.16. The minimum Gasteiger partial charge on any atom is -0.338 e. The fourth-order valence-corrected chi connectivity index (χ4v) is 4.05. The smallest absolute Gasteiger partial charge is 0.225 e. The van der Waals surface area contributed by atoms with Crippen molar-refractivity contribution in [2.45, 2.75) is 4.90 Å². The Hall–Kier alpha value is -1.70. The zero-order chi connectivity index (χ0) is 17.0. The zero-order valence-electron chi connectivity index (χ0n) is 13.2. The van der Waals surface area contributed by atoms with Gasteiger partial charge in [0.25, 0.3) is 0 Å². The Morgan fingerprint density at radius 2 is 1.62 bits per heavy atom. The average molecular weight is 367 g/mol. The number of sulfone groups is 1. The van der Waals surface area contributed by atoms with E-state index in [1.807, 2.05) is 0 Å². The molecule has 0 atom stereocenters. The molecule has 1 aromatic carbocycles. The van der Waals surface area contributed by atoms with E-state index in [2.05, 4.69) is 19.8 Å². The molecule has 0 saturated carbocycles. The molecule has 2 aromatic rings. The molecule has 1 aliphatic rings. The van der Waals surface area contributed by atoms with Crippen LogP contribution in [0.4, 0.5) is 5.95 Å². The van der Waals surface area contributed by atoms with E-state index in [0.29, 0.717) is 16.5 Å². The number of aromatic nitrogens is 2. The second-order valence-corrected chi connectivity index (χ2v) is 8.20. The third-order valence-corrected chi connectivity index (χ3v) is 6.02. The van der Waals surface area contributed by atoms with Gasteiger partial charge in [-0.1, -0.05) is 11.6 Å². The number of benzene rings is 1. The molecule has 24 heavy (non-hydrogen) atoms. The third kappa shape index (κ3) is 4.23. The van der Waals surface area contributed by atoms with E-state index in [4.69, 9.17) is 11.6 Å². The van der Waals surface area contributed by atoms with Crippen molar-refractivity contribution < 1.29 is 8.42 Å². The van der Waals surface area contributed by atoms with Crippen molar-refractivity contribution >= 4 is 27.4 Å². The molecule has 0 unspecified atom stereocenters. The minimum atomic E-state index is -3.28. The molecule has 0 amide bonds. The first-order chi connectivity index (χ1) is 11.5. The van der Waals surface area contributed by atoms with Gasteiger partial charge in [0.15, 0.2) is 9.84 Å². The number of piperazine rings is 1. The largest absolute Gasteiger partial charge is 0.338 e. The van der Waals surface area contributed by atoms with E-state index in [-0.39, 0.29) is 5.75 Å². The molecule has 0 spiro atoms. The number of hydrogen-bond donors (Lipinski definition) is 0. The maximum Gasteiger partial charge on any atom is 0.225 e. The van der Waals surface area contributed by atoms with E-state index in [9.17, 15) is 8.42 Å². The van der Waals surface area contributed by atoms with Crippen molar-refractivity contribution in [3.05, 3.63) is 47.7 Å². The molecule has 128 valence electrons. The van der Waals surface area contributed by atoms with Gasteiger partial charge in [-0.25, -0.2) is 18.4 Å². The number of halogens is 1. The third-order valence-electron chi connectivity index (χ3n) is 4.06. The van der Waals surface area contributed by atoms with Crippen LogP contribution in [0.1, 0.15) is 0 Å². The lowest BCUT2D eigenvalue weighted by Crippen LogP contribution is -2.48. The van der Waals surface area contributed by atoms with Crippen LogP contribution in [-0.2, 0) is 9.84 Å². The Morgan fingerprint density at radius 1 is 1.00 bits per heavy atom. The van der Waals surface area contributed by atoms with Crippen LogP contribution in [-0.4, -0.2) is 61.8 Å². The molecular weight excluding hydrogens is 348 g/mol. The molecule has 3 rings (SSSR count). The maximum absolute atomic E-state index is 12.4. The summed E-state index contributed by atoms with van der Waals surface area (Å²) in [6.45, 7) is 3.72. The number of hydrogen-bond acceptors (Lipinski definition) is 6. The van der Waals surface area contributed by atoms with Crippen LogP contribution in [0.15, 0.2) is 47.6 Å². The van der Waals surface area contributed by atoms with Gasteiger partial charge in [-0.15, -0.1) is 0 Å². The lowest BCUT2D eigenvalue weighted by molar-refractivity contribution is 0.270. The van der Waals surface area contributed by atoms with Crippen molar-refractivity contribution in [2.75, 3.05) is 43.4 Å². The van der Waals surface area contributed by atoms with Crippen molar-refractivity contribution in [1.82, 2.24) is 14.9 Å². The standard InChI is InChI=1S/C16H19ClN4O2S/c17-14-2-4-15(5-3-14)24(22,23)13-12-20-8-10-21(11-9-20)16-18-6-1-7-19-16/h1-7H,8-13H2. The number of anilines is 1. The summed E-state index contributed by atoms with van der Waals surface area (Å²) in [4.78, 5) is 13.1. The van der Waals surface area contributed by atoms with Crippen LogP contribution >= 0.6 is 11.6 Å². The number of nitrogens with zero attached hydrogens (tertiary/aromatic N) is 4. The van der Waals surface area contributed by atoms with Crippen molar-refractivity contribution in [2.24, 2.45) is 0 Å². The first-order valence-electron chi connectivity index (χ1n) is 7.77. The van der Waals surface area contributed by atoms with Gasteiger partial charge in [-0.05, 0) is 30.3 Å². The molecular formula is C16H19ClN4O2S. The SMILES string of the molecule is O=S(=O)(CCN1CCN(c2ncccn2)CC1)c1ccc(Cl)cc1. The topological polar surface area (TPSA) is 66.4 Å². The van der Waals surface area contributed by atoms with Crippen LogP contribution in [0.25, 0.3) is 0 Å². The Balaban J connectivity index is 1.52. The Bertz CT molecular complexity index is 760. The molecule has 1 saturated heterocycles. The van der Waals surface area contributed by atoms with Crippen molar-refractivity contribution in [3.8, 4) is 0 Å². The van der Waals surface area contributed by atoms with Gasteiger partial charge in [-0.2, -0.15) is 0 Å². The van der Waals surface area contributed by atoms with Crippen molar-refractivity contribution in [1.29, 1.82) is 0 Å². The van der Waals surface area contributed by atoms with E-state index in [1.165, 1.54) is 0 Å². The van der Waals surface area contributed by atoms with Gasteiger partial charge >= 0.3 is 0 Å². The summed E-state index contributed by atoms with van der Waals surface area (Å²) in [6, 6.07) is 8.12. The lowest BCUT2D eigenvalue weighted by atomic mass is 10.3. The molecule has 0 radical (unpaired) electrons. The highest BCUT2D eigenvalue weighted by molar-refractivity contribution is 7.91. The summed E-state index contributed by atoms with van der Waals surface area (Å²) in [7, 11) is -3.28. The van der Waals surface area contributed by atoms with Gasteiger partial charge in [0.05, 0.1) is 10.6 Å². The summed E-state index contributed by atoms with van der Waals surface area (Å²) in [5.41, 5.74) is 0. The van der Waals surface area contributed by atoms with Gasteiger partial charge in [0, 0.05) is 50.1 Å². The predicted molar refractivity (Wildman–Crippen MR) is 94.2 cm³/mol. The first-order valence-corrected chi connectivity index (χ1v) is 9.80. The molecule has 0 bridgehead atoms. The monoisotopic (exact) mass is 366 g/mol. The van der Waals surface area contributed by atoms with Gasteiger partial charge in [0.1, 0.15) is 0 Å². The fourth-order valence-electron chi connectivity index (χ4n) is 2.64. The van der Waals surface area contributed by atoms with E-state index in [0.717, 1.165) is 32.1 Å². The normalized spacial score (nSPS) is 16.3. The summed E-state index contributed by atoms with van der Waals surface area (Å²) >= 11 is 5.81. The summed E-state index contributed by atoms with van der Waals surface area (Å²) in [5, 5.41) is 0.535. The van der Waals surface area contributed by atoms with Crippen LogP contribution in [0.5, 0.6) is 0 Å². The summed E-state index contributed by atoms with van der Waals surface area (Å²) < 4.78 is 24.7. The van der Waals surface area contributed by atoms with E-state index in [1.54, 1.807) is 42.7 Å². The van der Waals surface area contributed by atoms with E-state index < -0.39 is 9.84 Å². The fraction of sp³-hybridized carbons (Fsp3) is 0.375. The molecule has 1 fully saturated rings. The van der Waals surface area contributed by atoms with Crippen LogP contribution < -0.4 is 4.90 Å². The Morgan fingerprint density at radius 3 is 2.25 bits per heavy atom. The van der Waals surface area contributed by atoms with Crippen LogP contribution in [0, 0.1) is 0 Å². The zero-order valence-corrected chi connectivity index (χ0v) is 14.7. The lowest BCUT2D eigenvalue weighted by Gasteiger charge is -2.34. The second kappa shape index (κ2) is 7.46. The molecule has 6 nitrogen and oxygen atoms in total. The van der Waals surface area contributed by atoms with Crippen LogP contribution in [0.2, 0.25) is 5.02 Å².